The van der Waals surface area contributed by atoms with Gasteiger partial charge in [-0.05, 0) is 119 Å². The molecule has 0 aliphatic heterocycles. The number of esters is 1. The van der Waals surface area contributed by atoms with Gasteiger partial charge in [0.15, 0.2) is 29.6 Å². The van der Waals surface area contributed by atoms with E-state index in [2.05, 4.69) is 13.8 Å². The number of rotatable bonds is 8. The topological polar surface area (TPSA) is 211 Å². The van der Waals surface area contributed by atoms with Crippen molar-refractivity contribution in [3.8, 4) is 0 Å². The lowest BCUT2D eigenvalue weighted by Gasteiger charge is -2.59. The zero-order chi connectivity index (χ0) is 44.5. The first-order chi connectivity index (χ1) is 28.7. The summed E-state index contributed by atoms with van der Waals surface area (Å²) in [6.45, 7) is 10.2. The molecule has 13 nitrogen and oxygen atoms in total. The Labute approximate surface area is 358 Å². The molecule has 8 aliphatic carbocycles. The average molecular weight is 849 g/mol. The van der Waals surface area contributed by atoms with Crippen molar-refractivity contribution in [2.45, 2.75) is 136 Å². The number of hydrogen-bond donors (Lipinski definition) is 4. The van der Waals surface area contributed by atoms with Gasteiger partial charge in [0.05, 0.1) is 18.8 Å². The summed E-state index contributed by atoms with van der Waals surface area (Å²) in [4.78, 5) is 74.1. The molecule has 1 unspecified atom stereocenters. The highest BCUT2D eigenvalue weighted by molar-refractivity contribution is 6.02. The molecule has 0 amide bonds. The van der Waals surface area contributed by atoms with E-state index in [-0.39, 0.29) is 78.4 Å². The summed E-state index contributed by atoms with van der Waals surface area (Å²) >= 11 is 0. The predicted molar refractivity (Wildman–Crippen MR) is 220 cm³/mol. The number of allylic oxidation sites excluding steroid dienone is 8. The summed E-state index contributed by atoms with van der Waals surface area (Å²) in [6, 6.07) is 0. The maximum atomic E-state index is 13.6. The lowest BCUT2D eigenvalue weighted by molar-refractivity contribution is -0.185. The van der Waals surface area contributed by atoms with Crippen molar-refractivity contribution in [2.75, 3.05) is 19.8 Å². The van der Waals surface area contributed by atoms with Gasteiger partial charge < -0.3 is 34.6 Å². The summed E-state index contributed by atoms with van der Waals surface area (Å²) in [7, 11) is 0. The predicted octanol–water partition coefficient (Wildman–Crippen LogP) is 5.26. The van der Waals surface area contributed by atoms with E-state index in [0.717, 1.165) is 43.3 Å². The van der Waals surface area contributed by atoms with Crippen molar-refractivity contribution < 1.29 is 63.4 Å². The van der Waals surface area contributed by atoms with Crippen LogP contribution in [0.2, 0.25) is 0 Å². The van der Waals surface area contributed by atoms with E-state index in [4.69, 9.17) is 14.2 Å². The summed E-state index contributed by atoms with van der Waals surface area (Å²) in [5.41, 5.74) is -3.35. The molecule has 13 heteroatoms. The van der Waals surface area contributed by atoms with Crippen molar-refractivity contribution in [1.29, 1.82) is 0 Å². The van der Waals surface area contributed by atoms with Crippen LogP contribution in [-0.2, 0) is 38.2 Å². The third-order valence-electron chi connectivity index (χ3n) is 17.5. The number of ether oxygens (including phenoxy) is 3. The van der Waals surface area contributed by atoms with Crippen LogP contribution in [0.4, 0.5) is 4.79 Å². The van der Waals surface area contributed by atoms with E-state index in [1.807, 2.05) is 26.0 Å². The highest BCUT2D eigenvalue weighted by Gasteiger charge is 2.71. The van der Waals surface area contributed by atoms with Crippen LogP contribution < -0.4 is 0 Å². The fraction of sp³-hybridized carbons (Fsp3) is 0.708. The lowest BCUT2D eigenvalue weighted by Crippen LogP contribution is -2.63. The Hall–Kier alpha value is -3.78. The monoisotopic (exact) mass is 848 g/mol. The number of carbonyl (C=O) groups excluding carboxylic acids is 6. The third-order valence-corrected chi connectivity index (χ3v) is 17.5. The fourth-order valence-electron chi connectivity index (χ4n) is 14.6. The second-order valence-corrected chi connectivity index (χ2v) is 20.0. The van der Waals surface area contributed by atoms with Crippen molar-refractivity contribution in [2.24, 2.45) is 57.2 Å². The molecule has 4 N–H and O–H groups in total. The minimum Gasteiger partial charge on any atom is -0.457 e. The number of carbonyl (C=O) groups is 6. The van der Waals surface area contributed by atoms with Gasteiger partial charge in [-0.15, -0.1) is 0 Å². The molecule has 0 radical (unpaired) electrons. The molecule has 61 heavy (non-hydrogen) atoms. The molecule has 8 rings (SSSR count). The third kappa shape index (κ3) is 6.86. The molecule has 0 spiro atoms. The average Bonchev–Trinajstić information content (AvgIpc) is 3.66. The molecule has 0 saturated heterocycles. The zero-order valence-electron chi connectivity index (χ0n) is 36.4. The van der Waals surface area contributed by atoms with Gasteiger partial charge in [-0.25, -0.2) is 4.79 Å². The summed E-state index contributed by atoms with van der Waals surface area (Å²) in [5.74, 6) is -1.28. The normalized spacial score (nSPS) is 44.0. The summed E-state index contributed by atoms with van der Waals surface area (Å²) in [5, 5.41) is 43.2. The van der Waals surface area contributed by atoms with Crippen LogP contribution in [-0.4, -0.2) is 98.9 Å². The molecule has 0 aromatic carbocycles. The first-order valence-corrected chi connectivity index (χ1v) is 22.4. The number of ketones is 4. The first kappa shape index (κ1) is 45.3. The summed E-state index contributed by atoms with van der Waals surface area (Å²) < 4.78 is 16.0. The Balaban J connectivity index is 0.000000192. The second-order valence-electron chi connectivity index (χ2n) is 20.0. The molecule has 0 bridgehead atoms. The Morgan fingerprint density at radius 3 is 1.74 bits per heavy atom. The SMILES string of the molecule is CCOC(=O)O[C@]1(C(=O)COC(=O)CC)CC[C@H]2[C@@H]3CCC4=CC(=O)C=C[C@]4(C)[C@H]3C(O)C[C@@]21C.C[C@]12C=CC(=O)C=C1CC[C@@H]1[C@@H]2[C@@H](O)C[C@@]2(C)[C@H]1CC[C@]2(O)C(=O)CO. The highest BCUT2D eigenvalue weighted by Crippen LogP contribution is 2.69. The van der Waals surface area contributed by atoms with Crippen LogP contribution >= 0.6 is 0 Å². The minimum absolute atomic E-state index is 0.000515. The van der Waals surface area contributed by atoms with Crippen molar-refractivity contribution in [1.82, 2.24) is 0 Å². The molecule has 0 aromatic rings. The smallest absolute Gasteiger partial charge is 0.457 e. The number of fused-ring (bicyclic) bond motifs is 10. The van der Waals surface area contributed by atoms with Crippen LogP contribution in [0.5, 0.6) is 0 Å². The van der Waals surface area contributed by atoms with E-state index >= 15 is 0 Å². The Morgan fingerprint density at radius 2 is 1.23 bits per heavy atom. The molecule has 6 fully saturated rings. The molecular weight excluding hydrogens is 785 g/mol. The Bertz CT molecular complexity index is 1980. The zero-order valence-corrected chi connectivity index (χ0v) is 36.4. The van der Waals surface area contributed by atoms with E-state index in [0.29, 0.717) is 19.3 Å². The maximum absolute atomic E-state index is 13.6. The first-order valence-electron chi connectivity index (χ1n) is 22.4. The quantitative estimate of drug-likeness (QED) is 0.230. The van der Waals surface area contributed by atoms with E-state index in [1.165, 1.54) is 0 Å². The molecule has 6 saturated carbocycles. The largest absolute Gasteiger partial charge is 0.509 e. The number of hydrogen-bond acceptors (Lipinski definition) is 13. The van der Waals surface area contributed by atoms with Gasteiger partial charge in [-0.1, -0.05) is 57.9 Å². The van der Waals surface area contributed by atoms with Gasteiger partial charge in [-0.3, -0.25) is 24.0 Å². The van der Waals surface area contributed by atoms with Crippen LogP contribution in [0, 0.1) is 57.2 Å². The van der Waals surface area contributed by atoms with Crippen LogP contribution in [0.3, 0.4) is 0 Å². The molecular formula is C48H64O13. The van der Waals surface area contributed by atoms with Crippen molar-refractivity contribution in [3.63, 3.8) is 0 Å². The molecule has 14 atom stereocenters. The van der Waals surface area contributed by atoms with Crippen LogP contribution in [0.15, 0.2) is 47.6 Å². The van der Waals surface area contributed by atoms with Gasteiger partial charge in [0, 0.05) is 39.9 Å². The number of aliphatic hydroxyl groups excluding tert-OH is 3. The maximum Gasteiger partial charge on any atom is 0.509 e. The van der Waals surface area contributed by atoms with Crippen molar-refractivity contribution >= 4 is 35.3 Å². The molecule has 8 aliphatic rings. The minimum atomic E-state index is -1.56. The molecule has 0 aromatic heterocycles. The van der Waals surface area contributed by atoms with Crippen LogP contribution in [0.1, 0.15) is 112 Å². The van der Waals surface area contributed by atoms with Gasteiger partial charge in [0.1, 0.15) is 12.2 Å². The highest BCUT2D eigenvalue weighted by atomic mass is 16.7. The second kappa shape index (κ2) is 16.1. The van der Waals surface area contributed by atoms with Gasteiger partial charge in [-0.2, -0.15) is 0 Å². The number of Topliss-reactive ketones (excluding diaryl/α,β-unsaturated/α-hetero) is 2. The van der Waals surface area contributed by atoms with Gasteiger partial charge >= 0.3 is 12.1 Å². The molecule has 334 valence electrons. The van der Waals surface area contributed by atoms with Gasteiger partial charge in [0.2, 0.25) is 5.78 Å². The van der Waals surface area contributed by atoms with E-state index in [1.54, 1.807) is 38.2 Å². The van der Waals surface area contributed by atoms with E-state index < -0.39 is 76.6 Å². The van der Waals surface area contributed by atoms with Crippen molar-refractivity contribution in [3.05, 3.63) is 47.6 Å². The standard InChI is InChI=1S/C27H36O8.C21H28O5/c1-5-22(31)34-15-21(30)27(35-24(32)33-6-2)12-10-19-18-8-7-16-13-17(28)9-11-25(16,3)23(18)20(29)14-26(19,27)4;1-19-7-5-13(23)9-12(19)3-4-14-15-6-8-21(26,17(25)11-22)20(15,2)10-16(24)18(14)19/h9,11,13,18-20,23,29H,5-8,10,12,14-15H2,1-4H3;5,7,9,14-16,18,22,24,26H,3-4,6,8,10-11H2,1-2H3/t18-,19-,20?,23+,25-,26-,27-;14-,15-,16-,18+,19-,20-,21-/m00/s1. The van der Waals surface area contributed by atoms with Crippen LogP contribution in [0.25, 0.3) is 0 Å². The lowest BCUT2D eigenvalue weighted by atomic mass is 9.46. The summed E-state index contributed by atoms with van der Waals surface area (Å²) in [6.07, 6.45) is 14.0. The Kier molecular flexibility index (Phi) is 11.9. The Morgan fingerprint density at radius 1 is 0.721 bits per heavy atom. The fourth-order valence-corrected chi connectivity index (χ4v) is 14.6. The van der Waals surface area contributed by atoms with E-state index in [9.17, 15) is 49.2 Å². The van der Waals surface area contributed by atoms with Gasteiger partial charge in [0.25, 0.3) is 0 Å². The number of aliphatic hydroxyl groups is 4. The molecule has 0 heterocycles.